The van der Waals surface area contributed by atoms with Crippen LogP contribution >= 0.6 is 27.5 Å². The van der Waals surface area contributed by atoms with Crippen LogP contribution in [0.3, 0.4) is 0 Å². The molecule has 2 rings (SSSR count). The second-order valence-corrected chi connectivity index (χ2v) is 7.53. The highest BCUT2D eigenvalue weighted by atomic mass is 79.9. The lowest BCUT2D eigenvalue weighted by Crippen LogP contribution is -2.42. The van der Waals surface area contributed by atoms with E-state index in [2.05, 4.69) is 21.2 Å². The molecule has 2 aromatic carbocycles. The van der Waals surface area contributed by atoms with Gasteiger partial charge in [-0.2, -0.15) is 0 Å². The van der Waals surface area contributed by atoms with Gasteiger partial charge in [0.15, 0.2) is 5.78 Å². The van der Waals surface area contributed by atoms with E-state index in [-0.39, 0.29) is 5.78 Å². The molecule has 0 spiro atoms. The van der Waals surface area contributed by atoms with Gasteiger partial charge in [0, 0.05) is 26.2 Å². The van der Waals surface area contributed by atoms with E-state index in [9.17, 15) is 9.59 Å². The van der Waals surface area contributed by atoms with E-state index in [1.54, 1.807) is 42.5 Å². The molecule has 0 saturated carbocycles. The Morgan fingerprint density at radius 2 is 1.71 bits per heavy atom. The topological polar surface area (TPSA) is 55.4 Å². The minimum atomic E-state index is -0.550. The largest absolute Gasteiger partial charge is 0.413 e. The molecule has 6 heteroatoms. The molecule has 0 bridgehead atoms. The summed E-state index contributed by atoms with van der Waals surface area (Å²) in [6.45, 7) is 5.58. The van der Waals surface area contributed by atoms with Gasteiger partial charge in [-0.3, -0.25) is 4.79 Å². The maximum Gasteiger partial charge on any atom is 0.413 e. The predicted octanol–water partition coefficient (Wildman–Crippen LogP) is 5.22. The quantitative estimate of drug-likeness (QED) is 0.706. The molecule has 0 aromatic heterocycles. The Morgan fingerprint density at radius 1 is 1.08 bits per heavy atom. The Morgan fingerprint density at radius 3 is 2.25 bits per heavy atom. The first-order valence-electron chi connectivity index (χ1n) is 7.25. The molecule has 0 atom stereocenters. The number of nitrogens with one attached hydrogen (secondary N) is 1. The van der Waals surface area contributed by atoms with E-state index in [4.69, 9.17) is 16.3 Å². The normalized spacial score (nSPS) is 11.0. The number of benzene rings is 2. The van der Waals surface area contributed by atoms with Crippen molar-refractivity contribution in [1.29, 1.82) is 0 Å². The third-order valence-electron chi connectivity index (χ3n) is 2.98. The van der Waals surface area contributed by atoms with Crippen molar-refractivity contribution in [2.75, 3.05) is 0 Å². The average Bonchev–Trinajstić information content (AvgIpc) is 2.45. The minimum Gasteiger partial charge on any atom is -0.410 e. The minimum absolute atomic E-state index is 0.149. The van der Waals surface area contributed by atoms with E-state index in [1.807, 2.05) is 20.8 Å². The highest BCUT2D eigenvalue weighted by Crippen LogP contribution is 2.26. The summed E-state index contributed by atoms with van der Waals surface area (Å²) in [5, 5.41) is 3.27. The lowest BCUT2D eigenvalue weighted by atomic mass is 10.0. The number of amides is 1. The number of ketones is 1. The highest BCUT2D eigenvalue weighted by Gasteiger charge is 2.17. The molecular formula is C18H17BrClNO3. The molecule has 1 amide bonds. The zero-order valence-corrected chi connectivity index (χ0v) is 15.9. The van der Waals surface area contributed by atoms with E-state index < -0.39 is 11.6 Å². The van der Waals surface area contributed by atoms with Crippen molar-refractivity contribution in [2.24, 2.45) is 0 Å². The summed E-state index contributed by atoms with van der Waals surface area (Å²) in [7, 11) is 0. The van der Waals surface area contributed by atoms with Crippen LogP contribution in [0.25, 0.3) is 0 Å². The molecule has 0 heterocycles. The van der Waals surface area contributed by atoms with Crippen molar-refractivity contribution >= 4 is 39.4 Å². The summed E-state index contributed by atoms with van der Waals surface area (Å²) in [5.41, 5.74) is 0.610. The summed E-state index contributed by atoms with van der Waals surface area (Å²) in [4.78, 5) is 24.3. The summed E-state index contributed by atoms with van der Waals surface area (Å²) in [5.74, 6) is 0.195. The average molecular weight is 411 g/mol. The van der Waals surface area contributed by atoms with Crippen LogP contribution in [0.2, 0.25) is 5.02 Å². The molecule has 0 aliphatic rings. The molecular weight excluding hydrogens is 394 g/mol. The summed E-state index contributed by atoms with van der Waals surface area (Å²) < 4.78 is 5.76. The van der Waals surface area contributed by atoms with Gasteiger partial charge in [-0.25, -0.2) is 4.79 Å². The summed E-state index contributed by atoms with van der Waals surface area (Å²) in [6, 6.07) is 11.4. The van der Waals surface area contributed by atoms with E-state index in [0.717, 1.165) is 0 Å². The Hall–Kier alpha value is -1.85. The van der Waals surface area contributed by atoms with Crippen LogP contribution in [0, 0.1) is 0 Å². The van der Waals surface area contributed by atoms with Crippen LogP contribution in [0.15, 0.2) is 46.9 Å². The Kier molecular flexibility index (Phi) is 5.67. The number of rotatable bonds is 3. The van der Waals surface area contributed by atoms with Gasteiger partial charge >= 0.3 is 6.09 Å². The molecule has 1 N–H and O–H groups in total. The van der Waals surface area contributed by atoms with Crippen molar-refractivity contribution in [1.82, 2.24) is 5.32 Å². The first-order valence-corrected chi connectivity index (χ1v) is 8.42. The molecule has 126 valence electrons. The van der Waals surface area contributed by atoms with Gasteiger partial charge in [0.05, 0.1) is 0 Å². The van der Waals surface area contributed by atoms with Crippen molar-refractivity contribution in [2.45, 2.75) is 26.3 Å². The standard InChI is InChI=1S/C18H17BrClNO3/c1-18(2,3)21-17(23)24-13-8-9-14(15(19)10-13)16(22)11-4-6-12(20)7-5-11/h4-10H,1-3H3,(H,21,23). The molecule has 2 aromatic rings. The second-order valence-electron chi connectivity index (χ2n) is 6.24. The van der Waals surface area contributed by atoms with Gasteiger partial charge < -0.3 is 10.1 Å². The van der Waals surface area contributed by atoms with Crippen molar-refractivity contribution < 1.29 is 14.3 Å². The van der Waals surface area contributed by atoms with Gasteiger partial charge in [-0.15, -0.1) is 0 Å². The van der Waals surface area contributed by atoms with Crippen LogP contribution in [0.5, 0.6) is 5.75 Å². The first kappa shape index (κ1) is 18.5. The van der Waals surface area contributed by atoms with Gasteiger partial charge in [0.25, 0.3) is 0 Å². The van der Waals surface area contributed by atoms with Crippen molar-refractivity contribution in [3.8, 4) is 5.75 Å². The third-order valence-corrected chi connectivity index (χ3v) is 3.89. The monoisotopic (exact) mass is 409 g/mol. The molecule has 0 aliphatic heterocycles. The molecule has 0 aliphatic carbocycles. The van der Waals surface area contributed by atoms with Crippen LogP contribution in [0.4, 0.5) is 4.79 Å². The van der Waals surface area contributed by atoms with Crippen LogP contribution in [-0.4, -0.2) is 17.4 Å². The van der Waals surface area contributed by atoms with Crippen LogP contribution in [-0.2, 0) is 0 Å². The molecule has 0 radical (unpaired) electrons. The zero-order valence-electron chi connectivity index (χ0n) is 13.5. The Labute approximate surface area is 154 Å². The molecule has 0 saturated heterocycles. The second kappa shape index (κ2) is 7.36. The Balaban J connectivity index is 2.16. The number of halogens is 2. The molecule has 4 nitrogen and oxygen atoms in total. The van der Waals surface area contributed by atoms with Crippen LogP contribution in [0.1, 0.15) is 36.7 Å². The smallest absolute Gasteiger partial charge is 0.410 e. The van der Waals surface area contributed by atoms with Crippen LogP contribution < -0.4 is 10.1 Å². The van der Waals surface area contributed by atoms with E-state index in [1.165, 1.54) is 0 Å². The Bertz CT molecular complexity index is 767. The van der Waals surface area contributed by atoms with Crippen molar-refractivity contribution in [3.63, 3.8) is 0 Å². The number of carbonyl (C=O) groups excluding carboxylic acids is 2. The van der Waals surface area contributed by atoms with E-state index >= 15 is 0 Å². The maximum absolute atomic E-state index is 12.5. The van der Waals surface area contributed by atoms with Crippen molar-refractivity contribution in [3.05, 3.63) is 63.1 Å². The third kappa shape index (κ3) is 5.08. The summed E-state index contributed by atoms with van der Waals surface area (Å²) >= 11 is 9.19. The van der Waals surface area contributed by atoms with Gasteiger partial charge in [-0.1, -0.05) is 11.6 Å². The number of hydrogen-bond donors (Lipinski definition) is 1. The van der Waals surface area contributed by atoms with Gasteiger partial charge in [0.1, 0.15) is 5.75 Å². The molecule has 24 heavy (non-hydrogen) atoms. The number of ether oxygens (including phenoxy) is 1. The number of hydrogen-bond acceptors (Lipinski definition) is 3. The molecule has 0 unspecified atom stereocenters. The number of carbonyl (C=O) groups is 2. The van der Waals surface area contributed by atoms with Gasteiger partial charge in [0.2, 0.25) is 0 Å². The first-order chi connectivity index (χ1) is 11.2. The van der Waals surface area contributed by atoms with E-state index in [0.29, 0.717) is 26.4 Å². The summed E-state index contributed by atoms with van der Waals surface area (Å²) in [6.07, 6.45) is -0.550. The lowest BCUT2D eigenvalue weighted by molar-refractivity contribution is 0.103. The fourth-order valence-corrected chi connectivity index (χ4v) is 2.60. The lowest BCUT2D eigenvalue weighted by Gasteiger charge is -2.19. The predicted molar refractivity (Wildman–Crippen MR) is 97.9 cm³/mol. The van der Waals surface area contributed by atoms with Gasteiger partial charge in [-0.05, 0) is 79.2 Å². The fourth-order valence-electron chi connectivity index (χ4n) is 1.94. The fraction of sp³-hybridized carbons (Fsp3) is 0.222. The maximum atomic E-state index is 12.5. The molecule has 0 fully saturated rings. The highest BCUT2D eigenvalue weighted by molar-refractivity contribution is 9.10. The zero-order chi connectivity index (χ0) is 17.9. The SMILES string of the molecule is CC(C)(C)NC(=O)Oc1ccc(C(=O)c2ccc(Cl)cc2)c(Br)c1.